The summed E-state index contributed by atoms with van der Waals surface area (Å²) in [5, 5.41) is 2.14. The molecule has 1 aliphatic rings. The van der Waals surface area contributed by atoms with Crippen LogP contribution < -0.4 is 10.6 Å². The third kappa shape index (κ3) is 2.13. The van der Waals surface area contributed by atoms with E-state index in [9.17, 15) is 0 Å². The molecule has 0 spiro atoms. The average molecular weight is 360 g/mol. The van der Waals surface area contributed by atoms with Crippen molar-refractivity contribution < 1.29 is 0 Å². The van der Waals surface area contributed by atoms with Gasteiger partial charge in [0, 0.05) is 24.5 Å². The van der Waals surface area contributed by atoms with Crippen molar-refractivity contribution in [1.29, 1.82) is 0 Å². The summed E-state index contributed by atoms with van der Waals surface area (Å²) in [5.41, 5.74) is 7.01. The van der Waals surface area contributed by atoms with Gasteiger partial charge in [0.1, 0.15) is 12.1 Å². The van der Waals surface area contributed by atoms with Crippen LogP contribution in [-0.2, 0) is 0 Å². The predicted molar refractivity (Wildman–Crippen MR) is 79.6 cm³/mol. The molecule has 0 radical (unpaired) electrons. The normalized spacial score (nSPS) is 17.9. The second-order valence-electron chi connectivity index (χ2n) is 4.28. The van der Waals surface area contributed by atoms with E-state index in [2.05, 4.69) is 42.8 Å². The largest absolute Gasteiger partial charge is 0.355 e. The van der Waals surface area contributed by atoms with E-state index in [-0.39, 0.29) is 0 Å². The summed E-state index contributed by atoms with van der Waals surface area (Å²) < 4.78 is 2.41. The molecule has 0 saturated carbocycles. The standard InChI is InChI=1S/C11H13IN4S/c12-8-5-17-10-9(8)14-6-15-11(10)16-3-1-7(13)2-4-16/h5-7H,1-4,13H2. The number of nitrogens with zero attached hydrogens (tertiary/aromatic N) is 3. The quantitative estimate of drug-likeness (QED) is 0.793. The van der Waals surface area contributed by atoms with Crippen LogP contribution in [0.1, 0.15) is 12.8 Å². The van der Waals surface area contributed by atoms with Gasteiger partial charge in [0.05, 0.1) is 13.8 Å². The first-order valence-corrected chi connectivity index (χ1v) is 7.60. The molecule has 6 heteroatoms. The summed E-state index contributed by atoms with van der Waals surface area (Å²) in [7, 11) is 0. The van der Waals surface area contributed by atoms with Gasteiger partial charge in [0.2, 0.25) is 0 Å². The molecule has 4 nitrogen and oxygen atoms in total. The first-order valence-electron chi connectivity index (χ1n) is 5.64. The number of aromatic nitrogens is 2. The first kappa shape index (κ1) is 11.6. The minimum absolute atomic E-state index is 0.354. The van der Waals surface area contributed by atoms with Gasteiger partial charge in [-0.05, 0) is 35.4 Å². The summed E-state index contributed by atoms with van der Waals surface area (Å²) in [5.74, 6) is 1.08. The number of piperidine rings is 1. The SMILES string of the molecule is NC1CCN(c2ncnc3c(I)csc23)CC1. The van der Waals surface area contributed by atoms with E-state index >= 15 is 0 Å². The minimum atomic E-state index is 0.354. The van der Waals surface area contributed by atoms with E-state index in [0.717, 1.165) is 37.3 Å². The molecule has 2 N–H and O–H groups in total. The fraction of sp³-hybridized carbons (Fsp3) is 0.455. The predicted octanol–water partition coefficient (Wildman–Crippen LogP) is 2.22. The smallest absolute Gasteiger partial charge is 0.150 e. The molecule has 3 heterocycles. The summed E-state index contributed by atoms with van der Waals surface area (Å²) >= 11 is 4.06. The molecule has 0 amide bonds. The van der Waals surface area contributed by atoms with E-state index in [0.29, 0.717) is 6.04 Å². The van der Waals surface area contributed by atoms with Crippen LogP contribution in [0.25, 0.3) is 10.2 Å². The molecule has 0 unspecified atom stereocenters. The highest BCUT2D eigenvalue weighted by molar-refractivity contribution is 14.1. The molecular weight excluding hydrogens is 347 g/mol. The van der Waals surface area contributed by atoms with E-state index in [1.54, 1.807) is 17.7 Å². The number of fused-ring (bicyclic) bond motifs is 1. The van der Waals surface area contributed by atoms with Crippen molar-refractivity contribution >= 4 is 50.0 Å². The summed E-state index contributed by atoms with van der Waals surface area (Å²) in [4.78, 5) is 11.1. The number of anilines is 1. The van der Waals surface area contributed by atoms with Crippen LogP contribution in [0.5, 0.6) is 0 Å². The Morgan fingerprint density at radius 1 is 1.35 bits per heavy atom. The Morgan fingerprint density at radius 2 is 2.12 bits per heavy atom. The molecule has 3 rings (SSSR count). The number of hydrogen-bond acceptors (Lipinski definition) is 5. The first-order chi connectivity index (χ1) is 8.25. The second kappa shape index (κ2) is 4.66. The maximum Gasteiger partial charge on any atom is 0.150 e. The van der Waals surface area contributed by atoms with Gasteiger partial charge < -0.3 is 10.6 Å². The van der Waals surface area contributed by atoms with E-state index in [1.807, 2.05) is 0 Å². The Kier molecular flexibility index (Phi) is 3.18. The molecule has 0 atom stereocenters. The molecule has 0 aliphatic carbocycles. The van der Waals surface area contributed by atoms with Crippen LogP contribution in [0.4, 0.5) is 5.82 Å². The highest BCUT2D eigenvalue weighted by Crippen LogP contribution is 2.32. The van der Waals surface area contributed by atoms with Crippen molar-refractivity contribution in [3.63, 3.8) is 0 Å². The van der Waals surface area contributed by atoms with Gasteiger partial charge in [-0.3, -0.25) is 0 Å². The fourth-order valence-electron chi connectivity index (χ4n) is 2.15. The van der Waals surface area contributed by atoms with Crippen molar-refractivity contribution in [2.75, 3.05) is 18.0 Å². The monoisotopic (exact) mass is 360 g/mol. The maximum atomic E-state index is 5.93. The van der Waals surface area contributed by atoms with Crippen LogP contribution in [-0.4, -0.2) is 29.1 Å². The second-order valence-corrected chi connectivity index (χ2v) is 6.32. The number of rotatable bonds is 1. The van der Waals surface area contributed by atoms with Gasteiger partial charge in [-0.1, -0.05) is 0 Å². The third-order valence-electron chi connectivity index (χ3n) is 3.13. The van der Waals surface area contributed by atoms with Crippen molar-refractivity contribution in [1.82, 2.24) is 9.97 Å². The Hall–Kier alpha value is -0.470. The third-order valence-corrected chi connectivity index (χ3v) is 5.34. The zero-order valence-electron chi connectivity index (χ0n) is 9.27. The van der Waals surface area contributed by atoms with Gasteiger partial charge in [-0.2, -0.15) is 0 Å². The highest BCUT2D eigenvalue weighted by atomic mass is 127. The molecule has 0 bridgehead atoms. The Bertz CT molecular complexity index is 533. The Balaban J connectivity index is 2.00. The van der Waals surface area contributed by atoms with Crippen LogP contribution in [0.2, 0.25) is 0 Å². The lowest BCUT2D eigenvalue weighted by molar-refractivity contribution is 0.499. The van der Waals surface area contributed by atoms with Gasteiger partial charge in [0.15, 0.2) is 0 Å². The molecule has 1 aliphatic heterocycles. The van der Waals surface area contributed by atoms with Crippen molar-refractivity contribution in [2.24, 2.45) is 5.73 Å². The van der Waals surface area contributed by atoms with Crippen LogP contribution in [0.3, 0.4) is 0 Å². The van der Waals surface area contributed by atoms with Gasteiger partial charge in [0.25, 0.3) is 0 Å². The van der Waals surface area contributed by atoms with E-state index < -0.39 is 0 Å². The fourth-order valence-corrected chi connectivity index (χ4v) is 4.01. The topological polar surface area (TPSA) is 55.0 Å². The van der Waals surface area contributed by atoms with Crippen LogP contribution in [0, 0.1) is 3.57 Å². The number of hydrogen-bond donors (Lipinski definition) is 1. The van der Waals surface area contributed by atoms with E-state index in [1.165, 1.54) is 8.27 Å². The lowest BCUT2D eigenvalue weighted by Gasteiger charge is -2.31. The number of thiophene rings is 1. The molecule has 17 heavy (non-hydrogen) atoms. The zero-order valence-corrected chi connectivity index (χ0v) is 12.2. The van der Waals surface area contributed by atoms with Gasteiger partial charge in [-0.25, -0.2) is 9.97 Å². The Morgan fingerprint density at radius 3 is 2.88 bits per heavy atom. The van der Waals surface area contributed by atoms with Gasteiger partial charge in [-0.15, -0.1) is 11.3 Å². The lowest BCUT2D eigenvalue weighted by Crippen LogP contribution is -2.40. The molecule has 2 aromatic rings. The summed E-state index contributed by atoms with van der Waals surface area (Å²) in [6, 6.07) is 0.354. The molecule has 2 aromatic heterocycles. The van der Waals surface area contributed by atoms with Crippen molar-refractivity contribution in [2.45, 2.75) is 18.9 Å². The number of nitrogens with two attached hydrogens (primary N) is 1. The zero-order chi connectivity index (χ0) is 11.8. The van der Waals surface area contributed by atoms with Crippen molar-refractivity contribution in [3.8, 4) is 0 Å². The van der Waals surface area contributed by atoms with Crippen molar-refractivity contribution in [3.05, 3.63) is 15.3 Å². The molecule has 1 fully saturated rings. The lowest BCUT2D eigenvalue weighted by atomic mass is 10.1. The molecule has 1 saturated heterocycles. The molecule has 90 valence electrons. The van der Waals surface area contributed by atoms with Gasteiger partial charge >= 0.3 is 0 Å². The Labute approximate surface area is 117 Å². The average Bonchev–Trinajstić information content (AvgIpc) is 2.73. The maximum absolute atomic E-state index is 5.93. The molecular formula is C11H13IN4S. The van der Waals surface area contributed by atoms with Crippen LogP contribution >= 0.6 is 33.9 Å². The van der Waals surface area contributed by atoms with E-state index in [4.69, 9.17) is 5.73 Å². The minimum Gasteiger partial charge on any atom is -0.355 e. The summed E-state index contributed by atoms with van der Waals surface area (Å²) in [6.45, 7) is 2.00. The highest BCUT2D eigenvalue weighted by Gasteiger charge is 2.20. The molecule has 0 aromatic carbocycles. The number of halogens is 1. The summed E-state index contributed by atoms with van der Waals surface area (Å²) in [6.07, 6.45) is 3.77. The van der Waals surface area contributed by atoms with Crippen LogP contribution in [0.15, 0.2) is 11.7 Å².